The van der Waals surface area contributed by atoms with Crippen molar-refractivity contribution in [1.82, 2.24) is 16.0 Å². The van der Waals surface area contributed by atoms with Gasteiger partial charge in [0.2, 0.25) is 0 Å². The number of hydrogen-bond acceptors (Lipinski definition) is 16. The van der Waals surface area contributed by atoms with Crippen LogP contribution in [0.3, 0.4) is 0 Å². The highest BCUT2D eigenvalue weighted by Gasteiger charge is 2.52. The normalized spacial score (nSPS) is 41.9. The minimum atomic E-state index is -1.59. The van der Waals surface area contributed by atoms with E-state index < -0.39 is 84.8 Å². The highest BCUT2D eigenvalue weighted by molar-refractivity contribution is 5.81. The van der Waals surface area contributed by atoms with Crippen LogP contribution in [-0.4, -0.2) is 156 Å². The van der Waals surface area contributed by atoms with Crippen LogP contribution in [0.5, 0.6) is 0 Å². The summed E-state index contributed by atoms with van der Waals surface area (Å²) in [6.45, 7) is 2.33. The lowest BCUT2D eigenvalue weighted by atomic mass is 9.83. The van der Waals surface area contributed by atoms with E-state index in [4.69, 9.17) is 47.0 Å². The van der Waals surface area contributed by atoms with Crippen LogP contribution in [-0.2, 0) is 23.7 Å². The first kappa shape index (κ1) is 36.3. The number of carbonyl (C=O) groups excluding carboxylic acids is 1. The van der Waals surface area contributed by atoms with E-state index in [1.54, 1.807) is 7.05 Å². The fourth-order valence-corrected chi connectivity index (χ4v) is 5.92. The molecule has 0 aromatic carbocycles. The van der Waals surface area contributed by atoms with Crippen LogP contribution < -0.4 is 38.9 Å². The molecule has 17 nitrogen and oxygen atoms in total. The number of nitrogens with two attached hydrogens (primary N) is 4. The lowest BCUT2D eigenvalue weighted by Gasteiger charge is -2.49. The number of ether oxygens (including phenoxy) is 4. The molecule has 2 heterocycles. The second-order valence-corrected chi connectivity index (χ2v) is 12.0. The zero-order valence-electron chi connectivity index (χ0n) is 25.0. The number of rotatable bonds is 14. The summed E-state index contributed by atoms with van der Waals surface area (Å²) in [5.74, 6) is -0.810. The molecule has 1 amide bonds. The smallest absolute Gasteiger partial charge is 0.250 e. The van der Waals surface area contributed by atoms with E-state index in [2.05, 4.69) is 16.0 Å². The first-order chi connectivity index (χ1) is 20.3. The van der Waals surface area contributed by atoms with Crippen molar-refractivity contribution in [2.24, 2.45) is 22.9 Å². The van der Waals surface area contributed by atoms with Crippen LogP contribution in [0.2, 0.25) is 0 Å². The molecule has 2 saturated heterocycles. The van der Waals surface area contributed by atoms with E-state index in [0.29, 0.717) is 25.9 Å². The number of nitrogens with one attached hydrogen (secondary N) is 3. The van der Waals surface area contributed by atoms with Crippen LogP contribution in [0.1, 0.15) is 32.6 Å². The van der Waals surface area contributed by atoms with E-state index >= 15 is 0 Å². The Morgan fingerprint density at radius 2 is 1.81 bits per heavy atom. The van der Waals surface area contributed by atoms with E-state index in [-0.39, 0.29) is 38.7 Å². The van der Waals surface area contributed by atoms with E-state index in [1.165, 1.54) is 6.92 Å². The van der Waals surface area contributed by atoms with Gasteiger partial charge in [0, 0.05) is 25.2 Å². The van der Waals surface area contributed by atoms with Gasteiger partial charge >= 0.3 is 0 Å². The van der Waals surface area contributed by atoms with Crippen molar-refractivity contribution in [3.05, 3.63) is 0 Å². The van der Waals surface area contributed by atoms with Gasteiger partial charge in [0.05, 0.1) is 37.4 Å². The van der Waals surface area contributed by atoms with Crippen molar-refractivity contribution < 1.29 is 49.3 Å². The quantitative estimate of drug-likeness (QED) is 0.0801. The summed E-state index contributed by atoms with van der Waals surface area (Å²) in [5, 5.41) is 61.3. The Balaban J connectivity index is 1.80. The van der Waals surface area contributed by atoms with Gasteiger partial charge < -0.3 is 83.4 Å². The lowest BCUT2D eigenvalue weighted by Crippen LogP contribution is -2.69. The van der Waals surface area contributed by atoms with Gasteiger partial charge in [-0.05, 0) is 46.2 Å². The van der Waals surface area contributed by atoms with Gasteiger partial charge in [-0.2, -0.15) is 0 Å². The molecule has 0 aromatic rings. The van der Waals surface area contributed by atoms with Gasteiger partial charge in [0.15, 0.2) is 12.6 Å². The molecule has 2 aliphatic heterocycles. The van der Waals surface area contributed by atoms with Crippen molar-refractivity contribution in [3.63, 3.8) is 0 Å². The predicted molar refractivity (Wildman–Crippen MR) is 153 cm³/mol. The van der Waals surface area contributed by atoms with Crippen molar-refractivity contribution in [2.75, 3.05) is 39.9 Å². The van der Waals surface area contributed by atoms with Gasteiger partial charge in [-0.3, -0.25) is 4.79 Å². The number of likely N-dealkylation sites (N-methyl/N-ethyl adjacent to an activating group) is 1. The molecule has 14 unspecified atom stereocenters. The van der Waals surface area contributed by atoms with Crippen LogP contribution in [0.4, 0.5) is 0 Å². The third kappa shape index (κ3) is 9.21. The molecule has 0 bridgehead atoms. The second kappa shape index (κ2) is 16.4. The molecule has 16 N–H and O–H groups in total. The highest BCUT2D eigenvalue weighted by atomic mass is 16.7. The molecule has 252 valence electrons. The van der Waals surface area contributed by atoms with E-state index in [9.17, 15) is 25.2 Å². The zero-order chi connectivity index (χ0) is 31.9. The number of aliphatic hydroxyl groups is 5. The summed E-state index contributed by atoms with van der Waals surface area (Å²) in [6, 6.07) is -4.06. The SMILES string of the molecule is CNC1C(O)C(OC2C(NC(=O)C(O)C(N)CCN)CC(N)C(OC3OC(CNCCO)CCC3N)C2O)OCC1(C)O. The molecule has 3 fully saturated rings. The Bertz CT molecular complexity index is 863. The highest BCUT2D eigenvalue weighted by Crippen LogP contribution is 2.32. The molecular formula is C26H53N7O10. The van der Waals surface area contributed by atoms with Crippen LogP contribution >= 0.6 is 0 Å². The summed E-state index contributed by atoms with van der Waals surface area (Å²) in [4.78, 5) is 12.9. The Morgan fingerprint density at radius 3 is 2.47 bits per heavy atom. The molecule has 0 radical (unpaired) electrons. The molecule has 1 saturated carbocycles. The van der Waals surface area contributed by atoms with Gasteiger partial charge in [-0.1, -0.05) is 0 Å². The monoisotopic (exact) mass is 623 g/mol. The fraction of sp³-hybridized carbons (Fsp3) is 0.962. The minimum absolute atomic E-state index is 0.0175. The average Bonchev–Trinajstić information content (AvgIpc) is 2.95. The molecule has 1 aliphatic carbocycles. The van der Waals surface area contributed by atoms with Gasteiger partial charge in [0.1, 0.15) is 36.1 Å². The molecule has 3 rings (SSSR count). The number of carbonyl (C=O) groups is 1. The van der Waals surface area contributed by atoms with Crippen molar-refractivity contribution in [2.45, 2.75) is 118 Å². The standard InChI is InChI=1S/C26H53N7O10/c1-26(39)11-40-25(19(37)22(26)31-2)43-21-16(33-23(38)17(35)13(28)5-6-27)9-15(30)20(18(21)36)42-24-14(29)4-3-12(41-24)10-32-7-8-34/h12-22,24-25,31-32,34-37,39H,3-11,27-30H2,1-2H3,(H,33,38). The Morgan fingerprint density at radius 1 is 1.12 bits per heavy atom. The molecule has 3 aliphatic rings. The van der Waals surface area contributed by atoms with Gasteiger partial charge in [-0.15, -0.1) is 0 Å². The largest absolute Gasteiger partial charge is 0.395 e. The summed E-state index contributed by atoms with van der Waals surface area (Å²) in [5.41, 5.74) is 22.7. The Labute approximate surface area is 251 Å². The molecular weight excluding hydrogens is 570 g/mol. The molecule has 0 aromatic heterocycles. The van der Waals surface area contributed by atoms with E-state index in [0.717, 1.165) is 0 Å². The first-order valence-corrected chi connectivity index (χ1v) is 14.9. The molecule has 14 atom stereocenters. The van der Waals surface area contributed by atoms with Gasteiger partial charge in [-0.25, -0.2) is 0 Å². The second-order valence-electron chi connectivity index (χ2n) is 12.0. The maximum Gasteiger partial charge on any atom is 0.250 e. The fourth-order valence-electron chi connectivity index (χ4n) is 5.92. The summed E-state index contributed by atoms with van der Waals surface area (Å²) in [6.07, 6.45) is -7.71. The minimum Gasteiger partial charge on any atom is -0.395 e. The summed E-state index contributed by atoms with van der Waals surface area (Å²) < 4.78 is 24.0. The third-order valence-electron chi connectivity index (χ3n) is 8.40. The third-order valence-corrected chi connectivity index (χ3v) is 8.40. The van der Waals surface area contributed by atoms with Crippen molar-refractivity contribution in [1.29, 1.82) is 0 Å². The number of aliphatic hydroxyl groups excluding tert-OH is 4. The van der Waals surface area contributed by atoms with Crippen LogP contribution in [0, 0.1) is 0 Å². The number of hydrogen-bond donors (Lipinski definition) is 12. The van der Waals surface area contributed by atoms with E-state index in [1.807, 2.05) is 0 Å². The maximum absolute atomic E-state index is 12.9. The van der Waals surface area contributed by atoms with Crippen molar-refractivity contribution in [3.8, 4) is 0 Å². The van der Waals surface area contributed by atoms with Gasteiger partial charge in [0.25, 0.3) is 5.91 Å². The van der Waals surface area contributed by atoms with Crippen LogP contribution in [0.15, 0.2) is 0 Å². The number of amides is 1. The summed E-state index contributed by atoms with van der Waals surface area (Å²) >= 11 is 0. The Hall–Kier alpha value is -1.13. The van der Waals surface area contributed by atoms with Crippen molar-refractivity contribution >= 4 is 5.91 Å². The topological polar surface area (TPSA) is 295 Å². The Kier molecular flexibility index (Phi) is 13.9. The molecule has 43 heavy (non-hydrogen) atoms. The molecule has 17 heteroatoms. The predicted octanol–water partition coefficient (Wildman–Crippen LogP) is -6.16. The average molecular weight is 624 g/mol. The summed E-state index contributed by atoms with van der Waals surface area (Å²) in [7, 11) is 1.57. The zero-order valence-corrected chi connectivity index (χ0v) is 25.0. The first-order valence-electron chi connectivity index (χ1n) is 14.9. The molecule has 0 spiro atoms. The lowest BCUT2D eigenvalue weighted by molar-refractivity contribution is -0.307. The van der Waals surface area contributed by atoms with Crippen LogP contribution in [0.25, 0.3) is 0 Å². The maximum atomic E-state index is 12.9.